The van der Waals surface area contributed by atoms with Crippen LogP contribution in [0.1, 0.15) is 17.0 Å². The Kier molecular flexibility index (Phi) is 4.75. The predicted octanol–water partition coefficient (Wildman–Crippen LogP) is 3.26. The molecule has 100 valence electrons. The van der Waals surface area contributed by atoms with E-state index in [4.69, 9.17) is 11.6 Å². The molecule has 2 aromatic carbocycles. The fraction of sp³-hybridized carbons (Fsp3) is 0.125. The second kappa shape index (κ2) is 6.74. The molecule has 1 amide bonds. The molecular weight excluding hydrogens is 272 g/mol. The Morgan fingerprint density at radius 3 is 2.40 bits per heavy atom. The van der Waals surface area contributed by atoms with E-state index in [1.54, 1.807) is 24.3 Å². The van der Waals surface area contributed by atoms with E-state index in [1.807, 2.05) is 36.4 Å². The summed E-state index contributed by atoms with van der Waals surface area (Å²) in [5, 5.41) is 12.5. The molecule has 4 heteroatoms. The Morgan fingerprint density at radius 1 is 1.15 bits per heavy atom. The van der Waals surface area contributed by atoms with Crippen molar-refractivity contribution in [2.75, 3.05) is 0 Å². The van der Waals surface area contributed by atoms with Gasteiger partial charge in [-0.1, -0.05) is 54.1 Å². The average molecular weight is 285 g/mol. The highest BCUT2D eigenvalue weighted by molar-refractivity contribution is 6.30. The van der Waals surface area contributed by atoms with Gasteiger partial charge in [0.15, 0.2) is 0 Å². The van der Waals surface area contributed by atoms with Gasteiger partial charge in [-0.25, -0.2) is 0 Å². The van der Waals surface area contributed by atoms with Crippen LogP contribution in [0.3, 0.4) is 0 Å². The zero-order valence-corrected chi connectivity index (χ0v) is 11.5. The van der Waals surface area contributed by atoms with Gasteiger partial charge in [0.2, 0.25) is 5.91 Å². The summed E-state index contributed by atoms with van der Waals surface area (Å²) in [5.41, 5.74) is 1.64. The van der Waals surface area contributed by atoms with Crippen molar-refractivity contribution in [3.63, 3.8) is 0 Å². The highest BCUT2D eigenvalue weighted by Gasteiger charge is 2.19. The molecule has 2 rings (SSSR count). The second-order valence-electron chi connectivity index (χ2n) is 4.32. The molecule has 0 aromatic heterocycles. The number of carbonyl (C=O) groups excluding carboxylic acids is 1. The van der Waals surface area contributed by atoms with Gasteiger partial charge in [-0.2, -0.15) is 5.26 Å². The standard InChI is InChI=1S/C16H13ClN2O/c17-14-8-6-13(7-9-14)15(10-18)16(20)19-11-12-4-2-1-3-5-12/h1-9,15H,11H2,(H,19,20). The van der Waals surface area contributed by atoms with Gasteiger partial charge < -0.3 is 5.32 Å². The van der Waals surface area contributed by atoms with Crippen LogP contribution < -0.4 is 5.32 Å². The van der Waals surface area contributed by atoms with Crippen molar-refractivity contribution in [2.45, 2.75) is 12.5 Å². The lowest BCUT2D eigenvalue weighted by Crippen LogP contribution is -2.28. The zero-order valence-electron chi connectivity index (χ0n) is 10.7. The van der Waals surface area contributed by atoms with Gasteiger partial charge in [0.1, 0.15) is 5.92 Å². The van der Waals surface area contributed by atoms with E-state index in [0.29, 0.717) is 17.1 Å². The lowest BCUT2D eigenvalue weighted by Gasteiger charge is -2.10. The summed E-state index contributed by atoms with van der Waals surface area (Å²) in [6, 6.07) is 18.3. The van der Waals surface area contributed by atoms with Crippen molar-refractivity contribution in [3.05, 3.63) is 70.7 Å². The van der Waals surface area contributed by atoms with Gasteiger partial charge in [-0.15, -0.1) is 0 Å². The van der Waals surface area contributed by atoms with Crippen LogP contribution in [0.5, 0.6) is 0 Å². The number of benzene rings is 2. The highest BCUT2D eigenvalue weighted by Crippen LogP contribution is 2.18. The molecular formula is C16H13ClN2O. The summed E-state index contributed by atoms with van der Waals surface area (Å²) in [5.74, 6) is -1.13. The largest absolute Gasteiger partial charge is 0.351 e. The SMILES string of the molecule is N#CC(C(=O)NCc1ccccc1)c1ccc(Cl)cc1. The van der Waals surface area contributed by atoms with Crippen molar-refractivity contribution < 1.29 is 4.79 Å². The van der Waals surface area contributed by atoms with E-state index < -0.39 is 5.92 Å². The highest BCUT2D eigenvalue weighted by atomic mass is 35.5. The molecule has 20 heavy (non-hydrogen) atoms. The molecule has 0 radical (unpaired) electrons. The monoisotopic (exact) mass is 284 g/mol. The number of halogens is 1. The molecule has 1 atom stereocenters. The lowest BCUT2D eigenvalue weighted by atomic mass is 10.00. The molecule has 2 aromatic rings. The molecule has 0 fully saturated rings. The van der Waals surface area contributed by atoms with E-state index in [2.05, 4.69) is 5.32 Å². The first-order chi connectivity index (χ1) is 9.70. The van der Waals surface area contributed by atoms with Gasteiger partial charge in [-0.05, 0) is 23.3 Å². The van der Waals surface area contributed by atoms with Gasteiger partial charge in [-0.3, -0.25) is 4.79 Å². The quantitative estimate of drug-likeness (QED) is 0.937. The normalized spacial score (nSPS) is 11.4. The predicted molar refractivity (Wildman–Crippen MR) is 78.1 cm³/mol. The Balaban J connectivity index is 2.03. The van der Waals surface area contributed by atoms with Gasteiger partial charge in [0.05, 0.1) is 6.07 Å². The number of rotatable bonds is 4. The number of carbonyl (C=O) groups is 1. The van der Waals surface area contributed by atoms with Crippen LogP contribution in [0.15, 0.2) is 54.6 Å². The minimum absolute atomic E-state index is 0.307. The maximum Gasteiger partial charge on any atom is 0.242 e. The molecule has 1 unspecified atom stereocenters. The number of hydrogen-bond acceptors (Lipinski definition) is 2. The minimum Gasteiger partial charge on any atom is -0.351 e. The Hall–Kier alpha value is -2.31. The molecule has 0 bridgehead atoms. The number of nitriles is 1. The third-order valence-corrected chi connectivity index (χ3v) is 3.16. The fourth-order valence-corrected chi connectivity index (χ4v) is 1.95. The maximum atomic E-state index is 12.1. The number of hydrogen-bond donors (Lipinski definition) is 1. The van der Waals surface area contributed by atoms with Crippen molar-refractivity contribution >= 4 is 17.5 Å². The molecule has 0 spiro atoms. The number of nitrogens with one attached hydrogen (secondary N) is 1. The second-order valence-corrected chi connectivity index (χ2v) is 4.75. The summed E-state index contributed by atoms with van der Waals surface area (Å²) in [4.78, 5) is 12.1. The summed E-state index contributed by atoms with van der Waals surface area (Å²) in [6.45, 7) is 0.408. The topological polar surface area (TPSA) is 52.9 Å². The van der Waals surface area contributed by atoms with Gasteiger partial charge >= 0.3 is 0 Å². The number of nitrogens with zero attached hydrogens (tertiary/aromatic N) is 1. The summed E-state index contributed by atoms with van der Waals surface area (Å²) in [6.07, 6.45) is 0. The van der Waals surface area contributed by atoms with E-state index >= 15 is 0 Å². The molecule has 0 saturated carbocycles. The van der Waals surface area contributed by atoms with E-state index in [-0.39, 0.29) is 5.91 Å². The third-order valence-electron chi connectivity index (χ3n) is 2.90. The fourth-order valence-electron chi connectivity index (χ4n) is 1.83. The van der Waals surface area contributed by atoms with Crippen LogP contribution >= 0.6 is 11.6 Å². The van der Waals surface area contributed by atoms with E-state index in [9.17, 15) is 10.1 Å². The maximum absolute atomic E-state index is 12.1. The first-order valence-electron chi connectivity index (χ1n) is 6.17. The first kappa shape index (κ1) is 14.1. The molecule has 3 nitrogen and oxygen atoms in total. The van der Waals surface area contributed by atoms with Crippen molar-refractivity contribution in [1.29, 1.82) is 5.26 Å². The molecule has 0 aliphatic carbocycles. The lowest BCUT2D eigenvalue weighted by molar-refractivity contribution is -0.121. The Bertz CT molecular complexity index is 617. The summed E-state index contributed by atoms with van der Waals surface area (Å²) < 4.78 is 0. The molecule has 0 saturated heterocycles. The summed E-state index contributed by atoms with van der Waals surface area (Å²) in [7, 11) is 0. The van der Waals surface area contributed by atoms with Crippen molar-refractivity contribution in [2.24, 2.45) is 0 Å². The smallest absolute Gasteiger partial charge is 0.242 e. The van der Waals surface area contributed by atoms with Crippen LogP contribution in [0.4, 0.5) is 0 Å². The Labute approximate surface area is 122 Å². The van der Waals surface area contributed by atoms with Crippen LogP contribution in [-0.2, 0) is 11.3 Å². The molecule has 0 aliphatic rings. The van der Waals surface area contributed by atoms with E-state index in [0.717, 1.165) is 5.56 Å². The zero-order chi connectivity index (χ0) is 14.4. The molecule has 0 heterocycles. The Morgan fingerprint density at radius 2 is 1.80 bits per heavy atom. The first-order valence-corrected chi connectivity index (χ1v) is 6.55. The van der Waals surface area contributed by atoms with Crippen molar-refractivity contribution in [1.82, 2.24) is 5.32 Å². The third kappa shape index (κ3) is 3.59. The summed E-state index contributed by atoms with van der Waals surface area (Å²) >= 11 is 5.80. The molecule has 1 N–H and O–H groups in total. The van der Waals surface area contributed by atoms with E-state index in [1.165, 1.54) is 0 Å². The van der Waals surface area contributed by atoms with Crippen molar-refractivity contribution in [3.8, 4) is 6.07 Å². The van der Waals surface area contributed by atoms with Gasteiger partial charge in [0, 0.05) is 11.6 Å². The molecule has 0 aliphatic heterocycles. The van der Waals surface area contributed by atoms with Gasteiger partial charge in [0.25, 0.3) is 0 Å². The minimum atomic E-state index is -0.823. The van der Waals surface area contributed by atoms with Crippen LogP contribution in [0, 0.1) is 11.3 Å². The number of amides is 1. The van der Waals surface area contributed by atoms with Crippen LogP contribution in [0.2, 0.25) is 5.02 Å². The van der Waals surface area contributed by atoms with Crippen LogP contribution in [0.25, 0.3) is 0 Å². The average Bonchev–Trinajstić information content (AvgIpc) is 2.49. The van der Waals surface area contributed by atoms with Crippen LogP contribution in [-0.4, -0.2) is 5.91 Å².